The molecular weight excluding hydrogens is 195 g/mol. The number of aromatic nitrogens is 1. The normalized spacial score (nSPS) is 12.2. The van der Waals surface area contributed by atoms with Crippen molar-refractivity contribution in [1.29, 1.82) is 0 Å². The Kier molecular flexibility index (Phi) is 2.78. The zero-order valence-corrected chi connectivity index (χ0v) is 8.22. The Bertz CT molecular complexity index is 314. The lowest BCUT2D eigenvalue weighted by molar-refractivity contribution is -0.274. The summed E-state index contributed by atoms with van der Waals surface area (Å²) in [5.41, 5.74) is 0.809. The molecule has 0 aliphatic rings. The average Bonchev–Trinajstić information content (AvgIpc) is 2.26. The second kappa shape index (κ2) is 3.55. The average molecular weight is 207 g/mol. The zero-order chi connectivity index (χ0) is 10.9. The number of rotatable bonds is 2. The van der Waals surface area contributed by atoms with Gasteiger partial charge in [0.05, 0.1) is 0 Å². The van der Waals surface area contributed by atoms with Crippen LogP contribution in [-0.4, -0.2) is 10.9 Å². The topological polar surface area (TPSA) is 14.2 Å². The van der Waals surface area contributed by atoms with E-state index < -0.39 is 6.36 Å². The number of nitrogens with zero attached hydrogens (tertiary/aromatic N) is 1. The molecule has 0 amide bonds. The van der Waals surface area contributed by atoms with E-state index in [9.17, 15) is 13.2 Å². The molecule has 0 atom stereocenters. The summed E-state index contributed by atoms with van der Waals surface area (Å²) in [6.45, 7) is 3.82. The molecule has 80 valence electrons. The molecule has 5 heteroatoms. The molecule has 0 radical (unpaired) electrons. The highest BCUT2D eigenvalue weighted by atomic mass is 19.4. The van der Waals surface area contributed by atoms with E-state index in [1.54, 1.807) is 11.6 Å². The maximum atomic E-state index is 11.9. The number of alkyl halides is 3. The van der Waals surface area contributed by atoms with Gasteiger partial charge in [0.25, 0.3) is 0 Å². The standard InChI is InChI=1S/C9H12F3NO/c1-6(2)8-4-7(5-13(8)3)14-9(10,11)12/h4-6H,1-3H3. The Balaban J connectivity index is 2.86. The van der Waals surface area contributed by atoms with Crippen molar-refractivity contribution in [2.75, 3.05) is 0 Å². The molecule has 1 rings (SSSR count). The van der Waals surface area contributed by atoms with E-state index in [4.69, 9.17) is 0 Å². The third-order valence-corrected chi connectivity index (χ3v) is 1.84. The molecule has 1 aromatic heterocycles. The zero-order valence-electron chi connectivity index (χ0n) is 8.22. The van der Waals surface area contributed by atoms with E-state index in [0.29, 0.717) is 0 Å². The molecule has 0 spiro atoms. The van der Waals surface area contributed by atoms with Crippen LogP contribution < -0.4 is 4.74 Å². The number of hydrogen-bond donors (Lipinski definition) is 0. The van der Waals surface area contributed by atoms with Crippen molar-refractivity contribution in [3.05, 3.63) is 18.0 Å². The number of ether oxygens (including phenoxy) is 1. The van der Waals surface area contributed by atoms with E-state index in [1.165, 1.54) is 12.3 Å². The van der Waals surface area contributed by atoms with Crippen LogP contribution in [0.1, 0.15) is 25.5 Å². The summed E-state index contributed by atoms with van der Waals surface area (Å²) < 4.78 is 41.0. The van der Waals surface area contributed by atoms with Crippen LogP contribution in [0.5, 0.6) is 5.75 Å². The van der Waals surface area contributed by atoms with Gasteiger partial charge in [0.1, 0.15) is 5.75 Å². The number of hydrogen-bond acceptors (Lipinski definition) is 1. The Morgan fingerprint density at radius 2 is 1.93 bits per heavy atom. The van der Waals surface area contributed by atoms with Crippen LogP contribution in [-0.2, 0) is 7.05 Å². The highest BCUT2D eigenvalue weighted by Gasteiger charge is 2.31. The quantitative estimate of drug-likeness (QED) is 0.727. The summed E-state index contributed by atoms with van der Waals surface area (Å²) in [5, 5.41) is 0. The number of aryl methyl sites for hydroxylation is 1. The van der Waals surface area contributed by atoms with E-state index in [1.807, 2.05) is 13.8 Å². The maximum absolute atomic E-state index is 11.9. The van der Waals surface area contributed by atoms with Gasteiger partial charge >= 0.3 is 6.36 Å². The first kappa shape index (κ1) is 10.9. The van der Waals surface area contributed by atoms with Crippen molar-refractivity contribution >= 4 is 0 Å². The van der Waals surface area contributed by atoms with Crippen molar-refractivity contribution in [2.24, 2.45) is 7.05 Å². The highest BCUT2D eigenvalue weighted by molar-refractivity contribution is 5.26. The fourth-order valence-electron chi connectivity index (χ4n) is 1.31. The summed E-state index contributed by atoms with van der Waals surface area (Å²) in [5.74, 6) is 0.00860. The molecule has 0 aromatic carbocycles. The molecule has 0 unspecified atom stereocenters. The lowest BCUT2D eigenvalue weighted by atomic mass is 10.1. The summed E-state index contributed by atoms with van der Waals surface area (Å²) in [6.07, 6.45) is -3.29. The summed E-state index contributed by atoms with van der Waals surface area (Å²) >= 11 is 0. The fourth-order valence-corrected chi connectivity index (χ4v) is 1.31. The Morgan fingerprint density at radius 3 is 2.29 bits per heavy atom. The van der Waals surface area contributed by atoms with Gasteiger partial charge in [-0.1, -0.05) is 13.8 Å². The van der Waals surface area contributed by atoms with Crippen LogP contribution in [0.25, 0.3) is 0 Å². The highest BCUT2D eigenvalue weighted by Crippen LogP contribution is 2.27. The largest absolute Gasteiger partial charge is 0.573 e. The van der Waals surface area contributed by atoms with Crippen LogP contribution in [0.15, 0.2) is 12.3 Å². The smallest absolute Gasteiger partial charge is 0.404 e. The van der Waals surface area contributed by atoms with Crippen molar-refractivity contribution in [3.8, 4) is 5.75 Å². The molecule has 0 fully saturated rings. The lowest BCUT2D eigenvalue weighted by Crippen LogP contribution is -2.16. The first-order valence-corrected chi connectivity index (χ1v) is 4.21. The minimum absolute atomic E-state index is 0.163. The summed E-state index contributed by atoms with van der Waals surface area (Å²) in [6, 6.07) is 1.40. The van der Waals surface area contributed by atoms with Gasteiger partial charge in [-0.15, -0.1) is 13.2 Å². The minimum Gasteiger partial charge on any atom is -0.404 e. The van der Waals surface area contributed by atoms with E-state index in [0.717, 1.165) is 5.69 Å². The first-order valence-electron chi connectivity index (χ1n) is 4.21. The predicted molar refractivity (Wildman–Crippen MR) is 46.2 cm³/mol. The summed E-state index contributed by atoms with van der Waals surface area (Å²) in [7, 11) is 1.69. The molecule has 1 aromatic rings. The molecule has 0 bridgehead atoms. The molecule has 0 aliphatic carbocycles. The van der Waals surface area contributed by atoms with Gasteiger partial charge < -0.3 is 9.30 Å². The van der Waals surface area contributed by atoms with Crippen LogP contribution in [0.3, 0.4) is 0 Å². The van der Waals surface area contributed by atoms with Crippen molar-refractivity contribution in [2.45, 2.75) is 26.1 Å². The molecule has 0 saturated heterocycles. The van der Waals surface area contributed by atoms with Gasteiger partial charge in [-0.25, -0.2) is 0 Å². The SMILES string of the molecule is CC(C)c1cc(OC(F)(F)F)cn1C. The molecule has 1 heterocycles. The first-order chi connectivity index (χ1) is 6.29. The molecule has 2 nitrogen and oxygen atoms in total. The Hall–Kier alpha value is -1.13. The third kappa shape index (κ3) is 2.68. The monoisotopic (exact) mass is 207 g/mol. The maximum Gasteiger partial charge on any atom is 0.573 e. The van der Waals surface area contributed by atoms with Gasteiger partial charge in [-0.05, 0) is 5.92 Å². The van der Waals surface area contributed by atoms with Crippen LogP contribution in [0, 0.1) is 0 Å². The van der Waals surface area contributed by atoms with Crippen LogP contribution in [0.2, 0.25) is 0 Å². The number of halogens is 3. The van der Waals surface area contributed by atoms with Gasteiger partial charge in [0.15, 0.2) is 0 Å². The predicted octanol–water partition coefficient (Wildman–Crippen LogP) is 3.05. The molecule has 0 aliphatic heterocycles. The second-order valence-electron chi connectivity index (χ2n) is 3.41. The van der Waals surface area contributed by atoms with E-state index >= 15 is 0 Å². The molecule has 0 saturated carbocycles. The van der Waals surface area contributed by atoms with Crippen molar-refractivity contribution in [1.82, 2.24) is 4.57 Å². The van der Waals surface area contributed by atoms with Gasteiger partial charge in [-0.2, -0.15) is 0 Å². The van der Waals surface area contributed by atoms with Gasteiger partial charge in [-0.3, -0.25) is 0 Å². The Labute approximate surface area is 80.3 Å². The molecule has 14 heavy (non-hydrogen) atoms. The molecular formula is C9H12F3NO. The second-order valence-corrected chi connectivity index (χ2v) is 3.41. The van der Waals surface area contributed by atoms with Crippen LogP contribution >= 0.6 is 0 Å². The van der Waals surface area contributed by atoms with Gasteiger partial charge in [0.2, 0.25) is 0 Å². The third-order valence-electron chi connectivity index (χ3n) is 1.84. The summed E-state index contributed by atoms with van der Waals surface area (Å²) in [4.78, 5) is 0. The van der Waals surface area contributed by atoms with E-state index in [2.05, 4.69) is 4.74 Å². The molecule has 0 N–H and O–H groups in total. The minimum atomic E-state index is -4.62. The van der Waals surface area contributed by atoms with Gasteiger partial charge in [0, 0.05) is 25.0 Å². The van der Waals surface area contributed by atoms with Crippen LogP contribution in [0.4, 0.5) is 13.2 Å². The fraction of sp³-hybridized carbons (Fsp3) is 0.556. The Morgan fingerprint density at radius 1 is 1.36 bits per heavy atom. The van der Waals surface area contributed by atoms with Crippen molar-refractivity contribution < 1.29 is 17.9 Å². The van der Waals surface area contributed by atoms with Crippen molar-refractivity contribution in [3.63, 3.8) is 0 Å². The lowest BCUT2D eigenvalue weighted by Gasteiger charge is -2.05. The van der Waals surface area contributed by atoms with E-state index in [-0.39, 0.29) is 11.7 Å².